The monoisotopic (exact) mass is 234 g/mol. The fourth-order valence-electron chi connectivity index (χ4n) is 2.48. The van der Waals surface area contributed by atoms with Crippen molar-refractivity contribution in [1.82, 2.24) is 4.90 Å². The minimum atomic E-state index is -0.760. The van der Waals surface area contributed by atoms with Gasteiger partial charge in [-0.05, 0) is 26.7 Å². The Hall–Kier alpha value is -1.30. The van der Waals surface area contributed by atoms with Crippen molar-refractivity contribution in [3.8, 4) is 6.07 Å². The Morgan fingerprint density at radius 1 is 1.41 bits per heavy atom. The lowest BCUT2D eigenvalue weighted by Crippen LogP contribution is -2.45. The number of nitriles is 1. The van der Waals surface area contributed by atoms with E-state index in [9.17, 15) is 10.1 Å². The summed E-state index contributed by atoms with van der Waals surface area (Å²) in [7, 11) is 0. The first-order chi connectivity index (χ1) is 8.05. The second-order valence-corrected chi connectivity index (χ2v) is 5.03. The number of hydrogen-bond donors (Lipinski definition) is 0. The maximum Gasteiger partial charge on any atom is 0.243 e. The molecule has 3 nitrogen and oxygen atoms in total. The maximum atomic E-state index is 12.5. The number of amides is 1. The standard InChI is InChI=1S/C14H22N2O/c1-4-16(10-12(2)3)13(17)14(11-15)8-6-5-7-9-14/h2,4-10H2,1,3H3. The van der Waals surface area contributed by atoms with Crippen LogP contribution in [0.5, 0.6) is 0 Å². The summed E-state index contributed by atoms with van der Waals surface area (Å²) in [6.45, 7) is 8.92. The van der Waals surface area contributed by atoms with E-state index in [1.807, 2.05) is 13.8 Å². The van der Waals surface area contributed by atoms with Crippen molar-refractivity contribution < 1.29 is 4.79 Å². The molecule has 3 heteroatoms. The quantitative estimate of drug-likeness (QED) is 0.702. The van der Waals surface area contributed by atoms with E-state index in [1.165, 1.54) is 0 Å². The van der Waals surface area contributed by atoms with Gasteiger partial charge in [-0.25, -0.2) is 0 Å². The minimum Gasteiger partial charge on any atom is -0.338 e. The van der Waals surface area contributed by atoms with Crippen LogP contribution in [0.25, 0.3) is 0 Å². The first-order valence-corrected chi connectivity index (χ1v) is 6.41. The summed E-state index contributed by atoms with van der Waals surface area (Å²) < 4.78 is 0. The highest BCUT2D eigenvalue weighted by molar-refractivity contribution is 5.85. The second kappa shape index (κ2) is 5.86. The lowest BCUT2D eigenvalue weighted by Gasteiger charge is -2.34. The van der Waals surface area contributed by atoms with Gasteiger partial charge in [-0.3, -0.25) is 4.79 Å². The van der Waals surface area contributed by atoms with Crippen LogP contribution in [-0.4, -0.2) is 23.9 Å². The van der Waals surface area contributed by atoms with Crippen LogP contribution >= 0.6 is 0 Å². The van der Waals surface area contributed by atoms with Crippen LogP contribution < -0.4 is 0 Å². The minimum absolute atomic E-state index is 0.00481. The Labute approximate surface area is 104 Å². The molecule has 0 unspecified atom stereocenters. The van der Waals surface area contributed by atoms with E-state index in [1.54, 1.807) is 4.90 Å². The molecule has 0 saturated heterocycles. The molecule has 0 atom stereocenters. The Morgan fingerprint density at radius 2 is 2.00 bits per heavy atom. The molecule has 0 aliphatic heterocycles. The number of carbonyl (C=O) groups excluding carboxylic acids is 1. The average Bonchev–Trinajstić information content (AvgIpc) is 2.35. The van der Waals surface area contributed by atoms with Crippen molar-refractivity contribution in [2.24, 2.45) is 5.41 Å². The molecule has 1 aliphatic carbocycles. The summed E-state index contributed by atoms with van der Waals surface area (Å²) in [6.07, 6.45) is 4.56. The molecule has 0 heterocycles. The number of hydrogen-bond acceptors (Lipinski definition) is 2. The average molecular weight is 234 g/mol. The smallest absolute Gasteiger partial charge is 0.243 e. The predicted molar refractivity (Wildman–Crippen MR) is 68.2 cm³/mol. The van der Waals surface area contributed by atoms with Gasteiger partial charge in [0.1, 0.15) is 5.41 Å². The van der Waals surface area contributed by atoms with Gasteiger partial charge in [0.25, 0.3) is 0 Å². The van der Waals surface area contributed by atoms with E-state index in [2.05, 4.69) is 12.6 Å². The second-order valence-electron chi connectivity index (χ2n) is 5.03. The molecule has 1 aliphatic rings. The van der Waals surface area contributed by atoms with Crippen molar-refractivity contribution in [1.29, 1.82) is 5.26 Å². The molecule has 1 fully saturated rings. The molecule has 0 radical (unpaired) electrons. The first kappa shape index (κ1) is 13.8. The van der Waals surface area contributed by atoms with Crippen LogP contribution in [0.15, 0.2) is 12.2 Å². The van der Waals surface area contributed by atoms with Crippen LogP contribution in [0.2, 0.25) is 0 Å². The van der Waals surface area contributed by atoms with E-state index in [0.717, 1.165) is 37.7 Å². The van der Waals surface area contributed by atoms with Crippen molar-refractivity contribution in [2.45, 2.75) is 46.0 Å². The molecule has 1 rings (SSSR count). The van der Waals surface area contributed by atoms with Gasteiger partial charge in [0, 0.05) is 13.1 Å². The lowest BCUT2D eigenvalue weighted by molar-refractivity contribution is -0.140. The Kier molecular flexibility index (Phi) is 4.74. The van der Waals surface area contributed by atoms with Crippen LogP contribution in [0.1, 0.15) is 46.0 Å². The van der Waals surface area contributed by atoms with Gasteiger partial charge in [-0.2, -0.15) is 5.26 Å². The van der Waals surface area contributed by atoms with Crippen LogP contribution in [0, 0.1) is 16.7 Å². The third-order valence-electron chi connectivity index (χ3n) is 3.46. The molecule has 0 bridgehead atoms. The number of nitrogens with zero attached hydrogens (tertiary/aromatic N) is 2. The highest BCUT2D eigenvalue weighted by Crippen LogP contribution is 2.37. The topological polar surface area (TPSA) is 44.1 Å². The molecule has 1 amide bonds. The largest absolute Gasteiger partial charge is 0.338 e. The summed E-state index contributed by atoms with van der Waals surface area (Å²) in [5, 5.41) is 9.37. The lowest BCUT2D eigenvalue weighted by atomic mass is 9.74. The summed E-state index contributed by atoms with van der Waals surface area (Å²) in [5.41, 5.74) is 0.202. The van der Waals surface area contributed by atoms with Crippen LogP contribution in [0.3, 0.4) is 0 Å². The maximum absolute atomic E-state index is 12.5. The van der Waals surface area contributed by atoms with Crippen LogP contribution in [0.4, 0.5) is 0 Å². The Morgan fingerprint density at radius 3 is 2.41 bits per heavy atom. The fraction of sp³-hybridized carbons (Fsp3) is 0.714. The molecule has 0 aromatic heterocycles. The van der Waals surface area contributed by atoms with E-state index in [4.69, 9.17) is 0 Å². The summed E-state index contributed by atoms with van der Waals surface area (Å²) in [6, 6.07) is 2.28. The molecule has 1 saturated carbocycles. The SMILES string of the molecule is C=C(C)CN(CC)C(=O)C1(C#N)CCCCC1. The molecule has 94 valence electrons. The number of carbonyl (C=O) groups is 1. The van der Waals surface area contributed by atoms with Gasteiger partial charge in [-0.1, -0.05) is 31.4 Å². The van der Waals surface area contributed by atoms with Crippen molar-refractivity contribution in [2.75, 3.05) is 13.1 Å². The van der Waals surface area contributed by atoms with Gasteiger partial charge in [-0.15, -0.1) is 0 Å². The van der Waals surface area contributed by atoms with Crippen molar-refractivity contribution in [3.05, 3.63) is 12.2 Å². The van der Waals surface area contributed by atoms with Crippen molar-refractivity contribution >= 4 is 5.91 Å². The molecular weight excluding hydrogens is 212 g/mol. The first-order valence-electron chi connectivity index (χ1n) is 6.41. The Balaban J connectivity index is 2.83. The van der Waals surface area contributed by atoms with Gasteiger partial charge in [0.15, 0.2) is 0 Å². The summed E-state index contributed by atoms with van der Waals surface area (Å²) in [4.78, 5) is 14.2. The highest BCUT2D eigenvalue weighted by Gasteiger charge is 2.41. The predicted octanol–water partition coefficient (Wildman–Crippen LogP) is 2.89. The van der Waals surface area contributed by atoms with Crippen molar-refractivity contribution in [3.63, 3.8) is 0 Å². The molecular formula is C14H22N2O. The van der Waals surface area contributed by atoms with E-state index < -0.39 is 5.41 Å². The summed E-state index contributed by atoms with van der Waals surface area (Å²) >= 11 is 0. The van der Waals surface area contributed by atoms with E-state index in [0.29, 0.717) is 13.1 Å². The van der Waals surface area contributed by atoms with Gasteiger partial charge < -0.3 is 4.90 Å². The summed E-state index contributed by atoms with van der Waals surface area (Å²) in [5.74, 6) is 0.00481. The normalized spacial score (nSPS) is 18.2. The van der Waals surface area contributed by atoms with Gasteiger partial charge in [0.2, 0.25) is 5.91 Å². The molecule has 0 aromatic carbocycles. The highest BCUT2D eigenvalue weighted by atomic mass is 16.2. The molecule has 0 aromatic rings. The third kappa shape index (κ3) is 3.09. The molecule has 0 N–H and O–H groups in total. The van der Waals surface area contributed by atoms with Crippen LogP contribution in [-0.2, 0) is 4.79 Å². The van der Waals surface area contributed by atoms with E-state index in [-0.39, 0.29) is 5.91 Å². The Bertz CT molecular complexity index is 335. The number of rotatable bonds is 4. The fourth-order valence-corrected chi connectivity index (χ4v) is 2.48. The van der Waals surface area contributed by atoms with Gasteiger partial charge in [0.05, 0.1) is 6.07 Å². The van der Waals surface area contributed by atoms with Gasteiger partial charge >= 0.3 is 0 Å². The zero-order chi connectivity index (χ0) is 12.9. The van der Waals surface area contributed by atoms with E-state index >= 15 is 0 Å². The zero-order valence-corrected chi connectivity index (χ0v) is 11.0. The zero-order valence-electron chi connectivity index (χ0n) is 11.0. The molecule has 17 heavy (non-hydrogen) atoms. The molecule has 0 spiro atoms. The third-order valence-corrected chi connectivity index (χ3v) is 3.46. The number of likely N-dealkylation sites (N-methyl/N-ethyl adjacent to an activating group) is 1.